The summed E-state index contributed by atoms with van der Waals surface area (Å²) >= 11 is 7.43. The lowest BCUT2D eigenvalue weighted by molar-refractivity contribution is 0.301. The summed E-state index contributed by atoms with van der Waals surface area (Å²) in [6.07, 6.45) is 0. The zero-order chi connectivity index (χ0) is 12.3. The molecule has 0 fully saturated rings. The molecule has 0 atom stereocenters. The summed E-state index contributed by atoms with van der Waals surface area (Å²) in [5.74, 6) is 0.491. The second-order valence-electron chi connectivity index (χ2n) is 3.40. The van der Waals surface area contributed by atoms with E-state index in [1.54, 1.807) is 29.5 Å². The molecule has 86 valence electrons. The van der Waals surface area contributed by atoms with Crippen molar-refractivity contribution in [3.05, 3.63) is 44.9 Å². The van der Waals surface area contributed by atoms with Gasteiger partial charge in [0.1, 0.15) is 18.4 Å². The van der Waals surface area contributed by atoms with E-state index in [9.17, 15) is 0 Å². The average Bonchev–Trinajstić information content (AvgIpc) is 2.73. The van der Waals surface area contributed by atoms with Crippen LogP contribution in [0.5, 0.6) is 5.75 Å². The van der Waals surface area contributed by atoms with Crippen molar-refractivity contribution in [2.75, 3.05) is 0 Å². The number of halogens is 1. The van der Waals surface area contributed by atoms with Crippen molar-refractivity contribution in [1.82, 2.24) is 4.98 Å². The zero-order valence-corrected chi connectivity index (χ0v) is 10.7. The molecule has 0 amide bonds. The summed E-state index contributed by atoms with van der Waals surface area (Å²) in [5, 5.41) is 12.4. The molecule has 5 heteroatoms. The third kappa shape index (κ3) is 2.96. The van der Waals surface area contributed by atoms with E-state index in [-0.39, 0.29) is 0 Å². The Bertz CT molecular complexity index is 574. The van der Waals surface area contributed by atoms with Crippen LogP contribution in [0.4, 0.5) is 0 Å². The van der Waals surface area contributed by atoms with E-state index < -0.39 is 0 Å². The van der Waals surface area contributed by atoms with Crippen LogP contribution in [-0.4, -0.2) is 4.98 Å². The highest BCUT2D eigenvalue weighted by molar-refractivity contribution is 7.09. The van der Waals surface area contributed by atoms with Gasteiger partial charge in [0.15, 0.2) is 0 Å². The fourth-order valence-electron chi connectivity index (χ4n) is 1.33. The van der Waals surface area contributed by atoms with Crippen LogP contribution in [-0.2, 0) is 6.61 Å². The predicted molar refractivity (Wildman–Crippen MR) is 67.4 cm³/mol. The highest BCUT2D eigenvalue weighted by Crippen LogP contribution is 2.23. The number of nitriles is 1. The molecule has 0 N–H and O–H groups in total. The Balaban J connectivity index is 2.13. The molecule has 0 aliphatic rings. The second kappa shape index (κ2) is 5.17. The van der Waals surface area contributed by atoms with Crippen LogP contribution in [0.15, 0.2) is 23.6 Å². The number of hydrogen-bond donors (Lipinski definition) is 0. The van der Waals surface area contributed by atoms with E-state index in [0.717, 1.165) is 10.7 Å². The largest absolute Gasteiger partial charge is 0.486 e. The number of benzene rings is 1. The molecule has 1 aromatic carbocycles. The maximum atomic E-state index is 8.92. The number of aromatic nitrogens is 1. The number of thiazole rings is 1. The summed E-state index contributed by atoms with van der Waals surface area (Å²) in [6.45, 7) is 2.29. The van der Waals surface area contributed by atoms with Gasteiger partial charge >= 0.3 is 0 Å². The Kier molecular flexibility index (Phi) is 3.62. The van der Waals surface area contributed by atoms with Gasteiger partial charge in [0.2, 0.25) is 0 Å². The third-order valence-corrected chi connectivity index (χ3v) is 3.16. The smallest absolute Gasteiger partial charge is 0.139 e. The van der Waals surface area contributed by atoms with Crippen LogP contribution in [0.2, 0.25) is 5.02 Å². The number of nitrogens with zero attached hydrogens (tertiary/aromatic N) is 2. The monoisotopic (exact) mass is 264 g/mol. The van der Waals surface area contributed by atoms with Crippen molar-refractivity contribution in [3.63, 3.8) is 0 Å². The van der Waals surface area contributed by atoms with Gasteiger partial charge in [-0.05, 0) is 19.1 Å². The van der Waals surface area contributed by atoms with Crippen molar-refractivity contribution in [1.29, 1.82) is 5.26 Å². The SMILES string of the molecule is Cc1nc(COc2cc(Cl)ccc2C#N)cs1. The molecule has 0 aliphatic carbocycles. The van der Waals surface area contributed by atoms with Crippen LogP contribution in [0.3, 0.4) is 0 Å². The molecule has 0 saturated carbocycles. The van der Waals surface area contributed by atoms with Gasteiger partial charge in [0.25, 0.3) is 0 Å². The van der Waals surface area contributed by atoms with Gasteiger partial charge in [-0.1, -0.05) is 11.6 Å². The van der Waals surface area contributed by atoms with Gasteiger partial charge in [-0.15, -0.1) is 11.3 Å². The lowest BCUT2D eigenvalue weighted by Crippen LogP contribution is -1.97. The van der Waals surface area contributed by atoms with Crippen LogP contribution in [0, 0.1) is 18.3 Å². The van der Waals surface area contributed by atoms with Gasteiger partial charge in [-0.2, -0.15) is 5.26 Å². The number of rotatable bonds is 3. The Labute approximate surface area is 108 Å². The van der Waals surface area contributed by atoms with Gasteiger partial charge in [0, 0.05) is 16.5 Å². The molecular weight excluding hydrogens is 256 g/mol. The normalized spacial score (nSPS) is 9.94. The quantitative estimate of drug-likeness (QED) is 0.852. The first-order chi connectivity index (χ1) is 8.19. The lowest BCUT2D eigenvalue weighted by Gasteiger charge is -2.06. The van der Waals surface area contributed by atoms with Crippen molar-refractivity contribution in [3.8, 4) is 11.8 Å². The van der Waals surface area contributed by atoms with Crippen LogP contribution in [0.1, 0.15) is 16.3 Å². The van der Waals surface area contributed by atoms with E-state index in [1.165, 1.54) is 0 Å². The summed E-state index contributed by atoms with van der Waals surface area (Å²) in [7, 11) is 0. The standard InChI is InChI=1S/C12H9ClN2OS/c1-8-15-11(7-17-8)6-16-12-4-10(13)3-2-9(12)5-14/h2-4,7H,6H2,1H3. The molecule has 3 nitrogen and oxygen atoms in total. The first-order valence-corrected chi connectivity index (χ1v) is 6.18. The van der Waals surface area contributed by atoms with E-state index >= 15 is 0 Å². The van der Waals surface area contributed by atoms with E-state index in [1.807, 2.05) is 12.3 Å². The highest BCUT2D eigenvalue weighted by atomic mass is 35.5. The van der Waals surface area contributed by atoms with Gasteiger partial charge < -0.3 is 4.74 Å². The molecule has 1 heterocycles. The minimum absolute atomic E-state index is 0.347. The number of aryl methyl sites for hydroxylation is 1. The summed E-state index contributed by atoms with van der Waals surface area (Å²) < 4.78 is 5.55. The summed E-state index contributed by atoms with van der Waals surface area (Å²) in [4.78, 5) is 4.28. The molecule has 0 spiro atoms. The van der Waals surface area contributed by atoms with Gasteiger partial charge in [-0.3, -0.25) is 0 Å². The molecule has 0 radical (unpaired) electrons. The molecule has 17 heavy (non-hydrogen) atoms. The fraction of sp³-hybridized carbons (Fsp3) is 0.167. The van der Waals surface area contributed by atoms with Gasteiger partial charge in [0.05, 0.1) is 16.3 Å². The molecule has 2 rings (SSSR count). The van der Waals surface area contributed by atoms with E-state index in [0.29, 0.717) is 22.9 Å². The van der Waals surface area contributed by atoms with Gasteiger partial charge in [-0.25, -0.2) is 4.98 Å². The molecule has 1 aromatic heterocycles. The first kappa shape index (κ1) is 11.9. The maximum absolute atomic E-state index is 8.92. The molecule has 0 bridgehead atoms. The summed E-state index contributed by atoms with van der Waals surface area (Å²) in [6, 6.07) is 7.01. The number of ether oxygens (including phenoxy) is 1. The molecule has 0 saturated heterocycles. The number of hydrogen-bond acceptors (Lipinski definition) is 4. The van der Waals surface area contributed by atoms with Crippen molar-refractivity contribution in [2.45, 2.75) is 13.5 Å². The minimum atomic E-state index is 0.347. The zero-order valence-electron chi connectivity index (χ0n) is 9.11. The topological polar surface area (TPSA) is 45.9 Å². The van der Waals surface area contributed by atoms with Crippen LogP contribution in [0.25, 0.3) is 0 Å². The van der Waals surface area contributed by atoms with Crippen molar-refractivity contribution in [2.24, 2.45) is 0 Å². The molecule has 0 unspecified atom stereocenters. The molecule has 2 aromatic rings. The predicted octanol–water partition coefficient (Wildman–Crippen LogP) is 3.56. The maximum Gasteiger partial charge on any atom is 0.139 e. The van der Waals surface area contributed by atoms with Crippen LogP contribution >= 0.6 is 22.9 Å². The Morgan fingerprint density at radius 3 is 3.00 bits per heavy atom. The minimum Gasteiger partial charge on any atom is -0.486 e. The second-order valence-corrected chi connectivity index (χ2v) is 4.90. The van der Waals surface area contributed by atoms with E-state index in [4.69, 9.17) is 21.6 Å². The Morgan fingerprint density at radius 2 is 2.35 bits per heavy atom. The van der Waals surface area contributed by atoms with Crippen molar-refractivity contribution < 1.29 is 4.74 Å². The Morgan fingerprint density at radius 1 is 1.53 bits per heavy atom. The van der Waals surface area contributed by atoms with Crippen molar-refractivity contribution >= 4 is 22.9 Å². The average molecular weight is 265 g/mol. The fourth-order valence-corrected chi connectivity index (χ4v) is 2.09. The third-order valence-electron chi connectivity index (χ3n) is 2.11. The first-order valence-electron chi connectivity index (χ1n) is 4.92. The van der Waals surface area contributed by atoms with E-state index in [2.05, 4.69) is 11.1 Å². The molecule has 0 aliphatic heterocycles. The Hall–Kier alpha value is -1.57. The highest BCUT2D eigenvalue weighted by Gasteiger charge is 2.05. The van der Waals surface area contributed by atoms with Crippen LogP contribution < -0.4 is 4.74 Å². The lowest BCUT2D eigenvalue weighted by atomic mass is 10.2. The molecular formula is C12H9ClN2OS. The summed E-state index contributed by atoms with van der Waals surface area (Å²) in [5.41, 5.74) is 1.33.